The Hall–Kier alpha value is -1.70. The molecule has 1 aliphatic heterocycles. The van der Waals surface area contributed by atoms with Gasteiger partial charge in [0, 0.05) is 42.8 Å². The summed E-state index contributed by atoms with van der Waals surface area (Å²) in [5.74, 6) is -0.119. The second-order valence-corrected chi connectivity index (χ2v) is 8.81. The van der Waals surface area contributed by atoms with Gasteiger partial charge in [-0.3, -0.25) is 9.78 Å². The topological polar surface area (TPSA) is 70.6 Å². The van der Waals surface area contributed by atoms with Crippen molar-refractivity contribution < 1.29 is 13.2 Å². The standard InChI is InChI=1S/C17H20ClN3O3S/c1-20(25(2,23)24)14-5-8-21(9-6-14)17(22)15-11-13(18)10-12-4-3-7-19-16(12)15/h3-4,7,10-11,14H,5-6,8-9H2,1-2H3. The number of fused-ring (bicyclic) bond motifs is 1. The third kappa shape index (κ3) is 3.78. The highest BCUT2D eigenvalue weighted by Crippen LogP contribution is 2.25. The van der Waals surface area contributed by atoms with Crippen molar-refractivity contribution in [3.05, 3.63) is 41.0 Å². The number of pyridine rings is 1. The number of carbonyl (C=O) groups excluding carboxylic acids is 1. The maximum atomic E-state index is 12.9. The summed E-state index contributed by atoms with van der Waals surface area (Å²) in [4.78, 5) is 19.0. The lowest BCUT2D eigenvalue weighted by Gasteiger charge is -2.35. The molecule has 1 saturated heterocycles. The summed E-state index contributed by atoms with van der Waals surface area (Å²) in [6.45, 7) is 1.01. The monoisotopic (exact) mass is 381 g/mol. The quantitative estimate of drug-likeness (QED) is 0.818. The number of aromatic nitrogens is 1. The maximum absolute atomic E-state index is 12.9. The van der Waals surface area contributed by atoms with Crippen molar-refractivity contribution in [3.8, 4) is 0 Å². The Balaban J connectivity index is 1.80. The molecule has 0 radical (unpaired) electrons. The summed E-state index contributed by atoms with van der Waals surface area (Å²) in [7, 11) is -1.64. The molecule has 25 heavy (non-hydrogen) atoms. The lowest BCUT2D eigenvalue weighted by molar-refractivity contribution is 0.0688. The smallest absolute Gasteiger partial charge is 0.256 e. The molecule has 1 aliphatic rings. The maximum Gasteiger partial charge on any atom is 0.256 e. The first-order valence-electron chi connectivity index (χ1n) is 8.04. The number of hydrogen-bond donors (Lipinski definition) is 0. The van der Waals surface area contributed by atoms with Crippen LogP contribution in [0.3, 0.4) is 0 Å². The zero-order valence-corrected chi connectivity index (χ0v) is 15.7. The minimum atomic E-state index is -3.22. The van der Waals surface area contributed by atoms with Gasteiger partial charge >= 0.3 is 0 Å². The van der Waals surface area contributed by atoms with Crippen LogP contribution in [0.15, 0.2) is 30.5 Å². The van der Waals surface area contributed by atoms with Crippen LogP contribution in [0.2, 0.25) is 5.02 Å². The van der Waals surface area contributed by atoms with Crippen LogP contribution in [-0.4, -0.2) is 60.9 Å². The van der Waals surface area contributed by atoms with Crippen molar-refractivity contribution in [2.75, 3.05) is 26.4 Å². The Bertz CT molecular complexity index is 908. The van der Waals surface area contributed by atoms with Gasteiger partial charge in [0.15, 0.2) is 0 Å². The molecule has 0 aliphatic carbocycles. The first-order chi connectivity index (χ1) is 11.8. The molecule has 0 saturated carbocycles. The van der Waals surface area contributed by atoms with E-state index >= 15 is 0 Å². The predicted octanol–water partition coefficient (Wildman–Crippen LogP) is 2.38. The van der Waals surface area contributed by atoms with E-state index in [9.17, 15) is 13.2 Å². The molecule has 0 bridgehead atoms. The van der Waals surface area contributed by atoms with Crippen LogP contribution < -0.4 is 0 Å². The second kappa shape index (κ2) is 6.90. The largest absolute Gasteiger partial charge is 0.338 e. The molecule has 3 rings (SSSR count). The number of likely N-dealkylation sites (tertiary alicyclic amines) is 1. The number of hydrogen-bond acceptors (Lipinski definition) is 4. The van der Waals surface area contributed by atoms with Gasteiger partial charge in [0.25, 0.3) is 5.91 Å². The zero-order chi connectivity index (χ0) is 18.2. The van der Waals surface area contributed by atoms with Crippen LogP contribution in [0.5, 0.6) is 0 Å². The molecule has 2 heterocycles. The summed E-state index contributed by atoms with van der Waals surface area (Å²) in [6.07, 6.45) is 4.08. The Morgan fingerprint density at radius 3 is 2.64 bits per heavy atom. The number of rotatable bonds is 3. The number of benzene rings is 1. The third-order valence-corrected chi connectivity index (χ3v) is 6.25. The zero-order valence-electron chi connectivity index (χ0n) is 14.1. The van der Waals surface area contributed by atoms with Gasteiger partial charge in [-0.25, -0.2) is 12.7 Å². The normalized spacial score (nSPS) is 16.6. The number of carbonyl (C=O) groups is 1. The Morgan fingerprint density at radius 2 is 2.00 bits per heavy atom. The first kappa shape index (κ1) is 18.1. The van der Waals surface area contributed by atoms with Gasteiger partial charge in [0.05, 0.1) is 17.3 Å². The van der Waals surface area contributed by atoms with Crippen molar-refractivity contribution in [2.24, 2.45) is 0 Å². The molecule has 0 unspecified atom stereocenters. The molecule has 2 aromatic rings. The van der Waals surface area contributed by atoms with Gasteiger partial charge < -0.3 is 4.90 Å². The van der Waals surface area contributed by atoms with E-state index in [-0.39, 0.29) is 11.9 Å². The van der Waals surface area contributed by atoms with Crippen molar-refractivity contribution >= 4 is 38.4 Å². The molecule has 1 amide bonds. The molecule has 0 spiro atoms. The molecular weight excluding hydrogens is 362 g/mol. The van der Waals surface area contributed by atoms with Crippen LogP contribution in [0.25, 0.3) is 10.9 Å². The molecule has 134 valence electrons. The van der Waals surface area contributed by atoms with Crippen molar-refractivity contribution in [1.29, 1.82) is 0 Å². The van der Waals surface area contributed by atoms with Gasteiger partial charge in [-0.15, -0.1) is 0 Å². The molecule has 1 fully saturated rings. The molecule has 1 aromatic carbocycles. The van der Waals surface area contributed by atoms with Gasteiger partial charge in [0.1, 0.15) is 0 Å². The highest BCUT2D eigenvalue weighted by atomic mass is 35.5. The summed E-state index contributed by atoms with van der Waals surface area (Å²) >= 11 is 6.15. The molecule has 0 N–H and O–H groups in total. The van der Waals surface area contributed by atoms with E-state index in [1.807, 2.05) is 6.07 Å². The average Bonchev–Trinajstić information content (AvgIpc) is 2.59. The SMILES string of the molecule is CN(C1CCN(C(=O)c2cc(Cl)cc3cccnc23)CC1)S(C)(=O)=O. The van der Waals surface area contributed by atoms with Gasteiger partial charge in [-0.1, -0.05) is 17.7 Å². The number of piperidine rings is 1. The van der Waals surface area contributed by atoms with E-state index in [1.54, 1.807) is 36.3 Å². The highest BCUT2D eigenvalue weighted by Gasteiger charge is 2.30. The predicted molar refractivity (Wildman–Crippen MR) is 98.3 cm³/mol. The highest BCUT2D eigenvalue weighted by molar-refractivity contribution is 7.88. The first-order valence-corrected chi connectivity index (χ1v) is 10.3. The van der Waals surface area contributed by atoms with Crippen molar-refractivity contribution in [1.82, 2.24) is 14.2 Å². The lowest BCUT2D eigenvalue weighted by Crippen LogP contribution is -2.47. The molecule has 6 nitrogen and oxygen atoms in total. The van der Waals surface area contributed by atoms with E-state index in [0.29, 0.717) is 42.0 Å². The van der Waals surface area contributed by atoms with Crippen LogP contribution in [0, 0.1) is 0 Å². The van der Waals surface area contributed by atoms with Crippen molar-refractivity contribution in [2.45, 2.75) is 18.9 Å². The summed E-state index contributed by atoms with van der Waals surface area (Å²) in [5.41, 5.74) is 1.12. The van der Waals surface area contributed by atoms with Gasteiger partial charge in [-0.2, -0.15) is 0 Å². The van der Waals surface area contributed by atoms with E-state index in [1.165, 1.54) is 10.6 Å². The number of halogens is 1. The van der Waals surface area contributed by atoms with Crippen LogP contribution in [-0.2, 0) is 10.0 Å². The molecular formula is C17H20ClN3O3S. The summed E-state index contributed by atoms with van der Waals surface area (Å²) < 4.78 is 24.7. The number of nitrogens with zero attached hydrogens (tertiary/aromatic N) is 3. The Labute approximate surface area is 152 Å². The van der Waals surface area contributed by atoms with Crippen LogP contribution in [0.4, 0.5) is 0 Å². The Kier molecular flexibility index (Phi) is 4.99. The molecule has 1 aromatic heterocycles. The number of amides is 1. The van der Waals surface area contributed by atoms with E-state index in [0.717, 1.165) is 5.39 Å². The van der Waals surface area contributed by atoms with Gasteiger partial charge in [0.2, 0.25) is 10.0 Å². The summed E-state index contributed by atoms with van der Waals surface area (Å²) in [6, 6.07) is 7.04. The van der Waals surface area contributed by atoms with E-state index < -0.39 is 10.0 Å². The third-order valence-electron chi connectivity index (χ3n) is 4.69. The fourth-order valence-corrected chi connectivity index (χ4v) is 4.17. The Morgan fingerprint density at radius 1 is 1.32 bits per heavy atom. The second-order valence-electron chi connectivity index (χ2n) is 6.33. The minimum Gasteiger partial charge on any atom is -0.338 e. The van der Waals surface area contributed by atoms with E-state index in [2.05, 4.69) is 4.98 Å². The van der Waals surface area contributed by atoms with Crippen LogP contribution >= 0.6 is 11.6 Å². The molecule has 0 atom stereocenters. The van der Waals surface area contributed by atoms with E-state index in [4.69, 9.17) is 11.6 Å². The minimum absolute atomic E-state index is 0.0757. The van der Waals surface area contributed by atoms with Crippen LogP contribution in [0.1, 0.15) is 23.2 Å². The average molecular weight is 382 g/mol. The summed E-state index contributed by atoms with van der Waals surface area (Å²) in [5, 5.41) is 1.32. The fraction of sp³-hybridized carbons (Fsp3) is 0.412. The molecule has 8 heteroatoms. The fourth-order valence-electron chi connectivity index (χ4n) is 3.19. The number of sulfonamides is 1. The lowest BCUT2D eigenvalue weighted by atomic mass is 10.0. The van der Waals surface area contributed by atoms with Gasteiger partial charge in [-0.05, 0) is 31.0 Å². The van der Waals surface area contributed by atoms with Crippen molar-refractivity contribution in [3.63, 3.8) is 0 Å².